The maximum atomic E-state index is 2.30. The molecule has 17 heavy (non-hydrogen) atoms. The molecule has 0 heterocycles. The minimum Gasteiger partial charge on any atom is -0.0622 e. The minimum absolute atomic E-state index is 0.194. The lowest BCUT2D eigenvalue weighted by Crippen LogP contribution is -2.28. The molecule has 0 saturated heterocycles. The van der Waals surface area contributed by atoms with E-state index in [1.165, 1.54) is 21.8 Å². The van der Waals surface area contributed by atoms with E-state index in [0.717, 1.165) is 0 Å². The largest absolute Gasteiger partial charge is 0.0622 e. The number of benzene rings is 2. The van der Waals surface area contributed by atoms with E-state index < -0.39 is 0 Å². The van der Waals surface area contributed by atoms with Crippen molar-refractivity contribution < 1.29 is 0 Å². The molecule has 0 N–H and O–H groups in total. The van der Waals surface area contributed by atoms with Crippen LogP contribution in [0.4, 0.5) is 0 Å². The van der Waals surface area contributed by atoms with Crippen molar-refractivity contribution in [2.75, 3.05) is 0 Å². The molecule has 0 nitrogen and oxygen atoms in total. The highest BCUT2D eigenvalue weighted by molar-refractivity contribution is 7.34. The Morgan fingerprint density at radius 3 is 1.94 bits per heavy atom. The van der Waals surface area contributed by atoms with E-state index in [2.05, 4.69) is 60.7 Å². The molecule has 3 heteroatoms. The topological polar surface area (TPSA) is 0 Å². The molecule has 0 aliphatic carbocycles. The molecule has 0 bridgehead atoms. The van der Waals surface area contributed by atoms with Crippen molar-refractivity contribution in [1.29, 1.82) is 0 Å². The van der Waals surface area contributed by atoms with Crippen LogP contribution in [0.15, 0.2) is 60.7 Å². The van der Waals surface area contributed by atoms with Crippen LogP contribution in [0.1, 0.15) is 11.1 Å². The summed E-state index contributed by atoms with van der Waals surface area (Å²) in [5, 5.41) is 0. The predicted octanol–water partition coefficient (Wildman–Crippen LogP) is 0.723. The Kier molecular flexibility index (Phi) is 4.97. The van der Waals surface area contributed by atoms with Crippen LogP contribution in [0, 0.1) is 0 Å². The average molecular weight is 273 g/mol. The monoisotopic (exact) mass is 272 g/mol. The van der Waals surface area contributed by atoms with Gasteiger partial charge in [-0.15, -0.1) is 0 Å². The number of hydrogen-bond acceptors (Lipinski definition) is 0. The summed E-state index contributed by atoms with van der Waals surface area (Å²) in [6, 6.07) is 25.0. The van der Waals surface area contributed by atoms with Crippen molar-refractivity contribution in [2.24, 2.45) is 0 Å². The first-order valence-electron chi connectivity index (χ1n) is 6.42. The summed E-state index contributed by atoms with van der Waals surface area (Å²) in [6.45, 7) is 0. The summed E-state index contributed by atoms with van der Waals surface area (Å²) in [4.78, 5) is 0. The fraction of sp³-hybridized carbons (Fsp3) is 0.143. The molecule has 0 radical (unpaired) electrons. The van der Waals surface area contributed by atoms with Gasteiger partial charge in [-0.05, 0) is 21.8 Å². The third-order valence-electron chi connectivity index (χ3n) is 3.20. The van der Waals surface area contributed by atoms with E-state index in [-0.39, 0.29) is 16.9 Å². The Bertz CT molecular complexity index is 428. The van der Waals surface area contributed by atoms with Gasteiger partial charge in [-0.1, -0.05) is 71.8 Å². The highest BCUT2D eigenvalue weighted by Gasteiger charge is 2.06. The summed E-state index contributed by atoms with van der Waals surface area (Å²) < 4.78 is 0. The van der Waals surface area contributed by atoms with Gasteiger partial charge in [0, 0.05) is 16.9 Å². The van der Waals surface area contributed by atoms with Gasteiger partial charge in [-0.25, -0.2) is 0 Å². The molecular formula is C14H20Si3. The molecule has 0 amide bonds. The van der Waals surface area contributed by atoms with E-state index >= 15 is 0 Å². The lowest BCUT2D eigenvalue weighted by molar-refractivity contribution is 1.37. The Morgan fingerprint density at radius 2 is 1.35 bits per heavy atom. The van der Waals surface area contributed by atoms with Gasteiger partial charge in [0.05, 0.1) is 0 Å². The molecule has 2 aromatic carbocycles. The Morgan fingerprint density at radius 1 is 0.824 bits per heavy atom. The van der Waals surface area contributed by atoms with Crippen LogP contribution < -0.4 is 0 Å². The van der Waals surface area contributed by atoms with Crippen molar-refractivity contribution in [3.63, 3.8) is 0 Å². The maximum absolute atomic E-state index is 2.30. The molecule has 88 valence electrons. The quantitative estimate of drug-likeness (QED) is 0.704. The van der Waals surface area contributed by atoms with E-state index in [1.54, 1.807) is 11.1 Å². The molecule has 0 aromatic heterocycles. The van der Waals surface area contributed by atoms with Crippen molar-refractivity contribution in [3.05, 3.63) is 71.8 Å². The Labute approximate surface area is 111 Å². The molecule has 0 spiro atoms. The zero-order chi connectivity index (χ0) is 11.9. The zero-order valence-electron chi connectivity index (χ0n) is 10.5. The van der Waals surface area contributed by atoms with Crippen LogP contribution >= 0.6 is 0 Å². The first-order valence-corrected chi connectivity index (χ1v) is 16.1. The zero-order valence-corrected chi connectivity index (χ0v) is 15.0. The van der Waals surface area contributed by atoms with Crippen LogP contribution in [-0.2, 0) is 12.1 Å². The number of hydrogen-bond donors (Lipinski definition) is 0. The molecule has 1 atom stereocenters. The summed E-state index contributed by atoms with van der Waals surface area (Å²) in [6.07, 6.45) is 0. The smallest absolute Gasteiger partial charge is 0.0147 e. The van der Waals surface area contributed by atoms with Crippen LogP contribution in [-0.4, -0.2) is 26.6 Å². The third kappa shape index (κ3) is 4.46. The van der Waals surface area contributed by atoms with E-state index in [1.807, 2.05) is 0 Å². The Balaban J connectivity index is 1.80. The second-order valence-corrected chi connectivity index (χ2v) is 24.2. The summed E-state index contributed by atoms with van der Waals surface area (Å²) >= 11 is 0. The van der Waals surface area contributed by atoms with Gasteiger partial charge in [0.15, 0.2) is 0 Å². The van der Waals surface area contributed by atoms with Gasteiger partial charge in [-0.2, -0.15) is 0 Å². The second kappa shape index (κ2) is 6.74. The van der Waals surface area contributed by atoms with Crippen molar-refractivity contribution in [2.45, 2.75) is 12.1 Å². The van der Waals surface area contributed by atoms with Gasteiger partial charge < -0.3 is 0 Å². The third-order valence-corrected chi connectivity index (χ3v) is 17.3. The van der Waals surface area contributed by atoms with Gasteiger partial charge in [0.1, 0.15) is 0 Å². The van der Waals surface area contributed by atoms with Crippen LogP contribution in [0.3, 0.4) is 0 Å². The molecular weight excluding hydrogens is 252 g/mol. The first kappa shape index (κ1) is 12.5. The highest BCUT2D eigenvalue weighted by Crippen LogP contribution is 2.03. The van der Waals surface area contributed by atoms with E-state index in [4.69, 9.17) is 0 Å². The molecule has 2 aromatic rings. The van der Waals surface area contributed by atoms with Crippen molar-refractivity contribution >= 4 is 26.6 Å². The summed E-state index contributed by atoms with van der Waals surface area (Å²) in [7, 11) is 1.36. The molecule has 0 aliphatic rings. The van der Waals surface area contributed by atoms with Crippen molar-refractivity contribution in [1.82, 2.24) is 0 Å². The first-order chi connectivity index (χ1) is 8.34. The minimum atomic E-state index is -0.321. The SMILES string of the molecule is [SiH3][SiH](Cc1ccccc1)[SiH2]Cc1ccccc1. The van der Waals surface area contributed by atoms with Gasteiger partial charge in [-0.3, -0.25) is 0 Å². The van der Waals surface area contributed by atoms with E-state index in [9.17, 15) is 0 Å². The fourth-order valence-corrected chi connectivity index (χ4v) is 12.7. The van der Waals surface area contributed by atoms with Gasteiger partial charge in [0.2, 0.25) is 0 Å². The molecule has 0 fully saturated rings. The molecule has 0 aliphatic heterocycles. The van der Waals surface area contributed by atoms with Gasteiger partial charge in [0.25, 0.3) is 0 Å². The van der Waals surface area contributed by atoms with Crippen LogP contribution in [0.5, 0.6) is 0 Å². The predicted molar refractivity (Wildman–Crippen MR) is 85.9 cm³/mol. The standard InChI is InChI=1S/C14H20Si3/c15-17(12-14-9-5-2-6-10-14)16-11-13-7-3-1-4-8-13/h1-10,17H,11-12,16H2,15H3. The second-order valence-electron chi connectivity index (χ2n) is 4.82. The van der Waals surface area contributed by atoms with Crippen molar-refractivity contribution in [3.8, 4) is 0 Å². The maximum Gasteiger partial charge on any atom is 0.0147 e. The number of rotatable bonds is 5. The van der Waals surface area contributed by atoms with E-state index in [0.29, 0.717) is 0 Å². The van der Waals surface area contributed by atoms with Crippen LogP contribution in [0.25, 0.3) is 0 Å². The Hall–Kier alpha value is -0.909. The van der Waals surface area contributed by atoms with Crippen LogP contribution in [0.2, 0.25) is 0 Å². The summed E-state index contributed by atoms with van der Waals surface area (Å²) in [5.74, 6) is 0. The molecule has 1 unspecified atom stereocenters. The van der Waals surface area contributed by atoms with Gasteiger partial charge >= 0.3 is 0 Å². The fourth-order valence-electron chi connectivity index (χ4n) is 2.18. The molecule has 2 rings (SSSR count). The lowest BCUT2D eigenvalue weighted by atomic mass is 10.2. The summed E-state index contributed by atoms with van der Waals surface area (Å²) in [5.41, 5.74) is 3.15. The lowest BCUT2D eigenvalue weighted by Gasteiger charge is -2.09. The average Bonchev–Trinajstić information content (AvgIpc) is 2.39. The molecule has 0 saturated carbocycles. The highest BCUT2D eigenvalue weighted by atomic mass is 29.5. The normalized spacial score (nSPS) is 13.2.